The molecule has 0 fully saturated rings. The van der Waals surface area contributed by atoms with Crippen molar-refractivity contribution in [3.05, 3.63) is 153 Å². The van der Waals surface area contributed by atoms with Gasteiger partial charge in [-0.05, 0) is 65.7 Å². The Hall–Kier alpha value is -5.59. The largest absolute Gasteiger partial charge is 0.321 e. The van der Waals surface area contributed by atoms with E-state index >= 15 is 0 Å². The third kappa shape index (κ3) is 8.50. The van der Waals surface area contributed by atoms with Crippen molar-refractivity contribution in [3.8, 4) is 0 Å². The summed E-state index contributed by atoms with van der Waals surface area (Å²) in [5, 5.41) is 21.1. The first kappa shape index (κ1) is 30.9. The molecule has 0 aliphatic rings. The molecular formula is C33H25N5O5S2. The number of thiazole rings is 1. The summed E-state index contributed by atoms with van der Waals surface area (Å²) in [5.74, 6) is -1.30. The van der Waals surface area contributed by atoms with Crippen LogP contribution >= 0.6 is 23.1 Å². The summed E-state index contributed by atoms with van der Waals surface area (Å²) in [4.78, 5) is 54.9. The molecule has 5 aromatic rings. The van der Waals surface area contributed by atoms with Gasteiger partial charge < -0.3 is 16.0 Å². The average molecular weight is 636 g/mol. The fraction of sp³-hybridized carbons (Fsp3) is 0.0303. The molecule has 0 saturated carbocycles. The number of nitrogens with one attached hydrogen (secondary N) is 3. The van der Waals surface area contributed by atoms with Gasteiger partial charge in [0.2, 0.25) is 5.91 Å². The lowest BCUT2D eigenvalue weighted by Crippen LogP contribution is -2.30. The Balaban J connectivity index is 1.33. The number of thioether (sulfide) groups is 1. The van der Waals surface area contributed by atoms with Gasteiger partial charge in [-0.25, -0.2) is 4.98 Å². The van der Waals surface area contributed by atoms with E-state index in [0.717, 1.165) is 10.5 Å². The first-order chi connectivity index (χ1) is 21.9. The van der Waals surface area contributed by atoms with Crippen molar-refractivity contribution >= 4 is 63.4 Å². The molecule has 10 nitrogen and oxygen atoms in total. The normalized spacial score (nSPS) is 11.7. The molecule has 1 heterocycles. The van der Waals surface area contributed by atoms with Crippen LogP contribution in [0.15, 0.2) is 131 Å². The SMILES string of the molecule is O=C(Nc1ccc(SC(C(=O)Nc2nccs2)c2ccccc2)cc1)/C(=C/c1ccc([N+](=O)[O-])cc1)NC(=O)c1ccccc1. The van der Waals surface area contributed by atoms with E-state index in [-0.39, 0.29) is 17.3 Å². The second kappa shape index (κ2) is 14.7. The van der Waals surface area contributed by atoms with Gasteiger partial charge in [0, 0.05) is 39.9 Å². The maximum Gasteiger partial charge on any atom is 0.272 e. The number of anilines is 2. The summed E-state index contributed by atoms with van der Waals surface area (Å²) < 4.78 is 0. The van der Waals surface area contributed by atoms with Gasteiger partial charge in [-0.1, -0.05) is 48.5 Å². The highest BCUT2D eigenvalue weighted by Crippen LogP contribution is 2.37. The van der Waals surface area contributed by atoms with Gasteiger partial charge in [0.1, 0.15) is 10.9 Å². The molecule has 0 saturated heterocycles. The van der Waals surface area contributed by atoms with Gasteiger partial charge in [-0.3, -0.25) is 24.5 Å². The summed E-state index contributed by atoms with van der Waals surface area (Å²) in [6.45, 7) is 0. The second-order valence-electron chi connectivity index (χ2n) is 9.44. The number of rotatable bonds is 11. The number of nitro groups is 1. The minimum atomic E-state index is -0.594. The van der Waals surface area contributed by atoms with Crippen molar-refractivity contribution in [2.45, 2.75) is 10.1 Å². The molecule has 3 amide bonds. The number of carbonyl (C=O) groups excluding carboxylic acids is 3. The van der Waals surface area contributed by atoms with Crippen molar-refractivity contribution in [2.24, 2.45) is 0 Å². The molecule has 1 aromatic heterocycles. The van der Waals surface area contributed by atoms with Crippen LogP contribution in [0.25, 0.3) is 6.08 Å². The predicted octanol–water partition coefficient (Wildman–Crippen LogP) is 6.93. The summed E-state index contributed by atoms with van der Waals surface area (Å²) in [6.07, 6.45) is 3.06. The van der Waals surface area contributed by atoms with Gasteiger partial charge in [0.05, 0.1) is 4.92 Å². The van der Waals surface area contributed by atoms with Crippen LogP contribution in [0.4, 0.5) is 16.5 Å². The van der Waals surface area contributed by atoms with Crippen LogP contribution < -0.4 is 16.0 Å². The van der Waals surface area contributed by atoms with Crippen molar-refractivity contribution in [1.29, 1.82) is 0 Å². The molecule has 0 bridgehead atoms. The molecule has 0 aliphatic heterocycles. The van der Waals surface area contributed by atoms with E-state index in [1.54, 1.807) is 66.2 Å². The molecule has 12 heteroatoms. The molecule has 1 unspecified atom stereocenters. The average Bonchev–Trinajstić information content (AvgIpc) is 3.58. The Bertz CT molecular complexity index is 1810. The molecule has 3 N–H and O–H groups in total. The summed E-state index contributed by atoms with van der Waals surface area (Å²) in [5.41, 5.74) is 1.96. The zero-order valence-electron chi connectivity index (χ0n) is 23.5. The monoisotopic (exact) mass is 635 g/mol. The number of aromatic nitrogens is 1. The zero-order chi connectivity index (χ0) is 31.6. The Morgan fingerprint density at radius 2 is 1.51 bits per heavy atom. The van der Waals surface area contributed by atoms with Crippen molar-refractivity contribution < 1.29 is 19.3 Å². The molecule has 5 rings (SSSR count). The first-order valence-corrected chi connectivity index (χ1v) is 15.3. The number of amides is 3. The highest BCUT2D eigenvalue weighted by atomic mass is 32.2. The number of nitro benzene ring substituents is 1. The minimum Gasteiger partial charge on any atom is -0.321 e. The number of carbonyl (C=O) groups is 3. The lowest BCUT2D eigenvalue weighted by atomic mass is 10.1. The van der Waals surface area contributed by atoms with Crippen LogP contribution in [0.1, 0.15) is 26.7 Å². The van der Waals surface area contributed by atoms with E-state index in [9.17, 15) is 24.5 Å². The molecule has 1 atom stereocenters. The van der Waals surface area contributed by atoms with E-state index < -0.39 is 22.0 Å². The number of hydrogen-bond acceptors (Lipinski definition) is 8. The Kier molecular flexibility index (Phi) is 10.1. The van der Waals surface area contributed by atoms with Gasteiger partial charge in [0.25, 0.3) is 17.5 Å². The van der Waals surface area contributed by atoms with Gasteiger partial charge in [-0.2, -0.15) is 0 Å². The standard InChI is InChI=1S/C33H25N5O5S2/c39-30(24-9-5-2-6-10-24)36-28(21-22-11-15-26(16-12-22)38(42)43)31(40)35-25-13-17-27(18-14-25)45-29(23-7-3-1-4-8-23)32(41)37-33-34-19-20-44-33/h1-21,29H,(H,35,40)(H,36,39)(H,34,37,41)/b28-21-. The van der Waals surface area contributed by atoms with E-state index in [2.05, 4.69) is 20.9 Å². The third-order valence-electron chi connectivity index (χ3n) is 6.31. The number of non-ortho nitro benzene ring substituents is 1. The summed E-state index contributed by atoms with van der Waals surface area (Å²) >= 11 is 2.69. The molecule has 0 aliphatic carbocycles. The van der Waals surface area contributed by atoms with E-state index in [1.807, 2.05) is 30.3 Å². The quantitative estimate of drug-likeness (QED) is 0.0618. The van der Waals surface area contributed by atoms with E-state index in [0.29, 0.717) is 21.9 Å². The highest BCUT2D eigenvalue weighted by molar-refractivity contribution is 8.00. The maximum absolute atomic E-state index is 13.4. The Morgan fingerprint density at radius 3 is 2.13 bits per heavy atom. The van der Waals surface area contributed by atoms with Crippen LogP contribution in [-0.4, -0.2) is 27.6 Å². The molecule has 224 valence electrons. The predicted molar refractivity (Wildman–Crippen MR) is 176 cm³/mol. The summed E-state index contributed by atoms with van der Waals surface area (Å²) in [7, 11) is 0. The molecule has 0 spiro atoms. The topological polar surface area (TPSA) is 143 Å². The van der Waals surface area contributed by atoms with Crippen LogP contribution in [0.3, 0.4) is 0 Å². The number of benzene rings is 4. The number of hydrogen-bond donors (Lipinski definition) is 3. The maximum atomic E-state index is 13.4. The Labute approximate surface area is 266 Å². The summed E-state index contributed by atoms with van der Waals surface area (Å²) in [6, 6.07) is 30.4. The fourth-order valence-electron chi connectivity index (χ4n) is 4.11. The van der Waals surface area contributed by atoms with Crippen LogP contribution in [-0.2, 0) is 9.59 Å². The van der Waals surface area contributed by atoms with Crippen LogP contribution in [0.5, 0.6) is 0 Å². The van der Waals surface area contributed by atoms with Crippen LogP contribution in [0, 0.1) is 10.1 Å². The first-order valence-electron chi connectivity index (χ1n) is 13.5. The van der Waals surface area contributed by atoms with Gasteiger partial charge >= 0.3 is 0 Å². The van der Waals surface area contributed by atoms with Crippen LogP contribution in [0.2, 0.25) is 0 Å². The second-order valence-corrected chi connectivity index (χ2v) is 11.5. The van der Waals surface area contributed by atoms with Crippen molar-refractivity contribution in [1.82, 2.24) is 10.3 Å². The fourth-order valence-corrected chi connectivity index (χ4v) is 5.67. The smallest absolute Gasteiger partial charge is 0.272 e. The lowest BCUT2D eigenvalue weighted by Gasteiger charge is -2.16. The molecular weight excluding hydrogens is 611 g/mol. The van der Waals surface area contributed by atoms with E-state index in [4.69, 9.17) is 0 Å². The lowest BCUT2D eigenvalue weighted by molar-refractivity contribution is -0.384. The van der Waals surface area contributed by atoms with Gasteiger partial charge in [0.15, 0.2) is 5.13 Å². The van der Waals surface area contributed by atoms with E-state index in [1.165, 1.54) is 53.4 Å². The minimum absolute atomic E-state index is 0.0563. The molecule has 0 radical (unpaired) electrons. The molecule has 4 aromatic carbocycles. The van der Waals surface area contributed by atoms with Crippen molar-refractivity contribution in [2.75, 3.05) is 10.6 Å². The number of nitrogens with zero attached hydrogens (tertiary/aromatic N) is 2. The highest BCUT2D eigenvalue weighted by Gasteiger charge is 2.23. The molecule has 45 heavy (non-hydrogen) atoms. The third-order valence-corrected chi connectivity index (χ3v) is 8.27. The van der Waals surface area contributed by atoms with Crippen molar-refractivity contribution in [3.63, 3.8) is 0 Å². The Morgan fingerprint density at radius 1 is 0.844 bits per heavy atom. The van der Waals surface area contributed by atoms with Gasteiger partial charge in [-0.15, -0.1) is 23.1 Å². The zero-order valence-corrected chi connectivity index (χ0v) is 25.1.